The van der Waals surface area contributed by atoms with Crippen LogP contribution in [0.25, 0.3) is 11.3 Å². The van der Waals surface area contributed by atoms with Crippen LogP contribution in [0, 0.1) is 12.7 Å². The fourth-order valence-corrected chi connectivity index (χ4v) is 4.03. The molecule has 3 aromatic rings. The molecule has 8 nitrogen and oxygen atoms in total. The molecule has 4 rings (SSSR count). The van der Waals surface area contributed by atoms with E-state index < -0.39 is 11.9 Å². The van der Waals surface area contributed by atoms with Crippen LogP contribution in [-0.4, -0.2) is 54.5 Å². The number of piperazine rings is 1. The molecule has 2 heterocycles. The van der Waals surface area contributed by atoms with Gasteiger partial charge in [-0.3, -0.25) is 9.59 Å². The van der Waals surface area contributed by atoms with Crippen molar-refractivity contribution in [2.24, 2.45) is 0 Å². The Morgan fingerprint density at radius 2 is 2.06 bits per heavy atom. The maximum Gasteiger partial charge on any atom is 0.246 e. The number of carbonyl (C=O) groups excluding carboxylic acids is 2. The van der Waals surface area contributed by atoms with Crippen molar-refractivity contribution in [3.8, 4) is 17.1 Å². The number of hydrogen-bond acceptors (Lipinski definition) is 6. The molecule has 0 bridgehead atoms. The van der Waals surface area contributed by atoms with Crippen molar-refractivity contribution in [2.75, 3.05) is 37.0 Å². The smallest absolute Gasteiger partial charge is 0.246 e. The van der Waals surface area contributed by atoms with Gasteiger partial charge in [-0.1, -0.05) is 11.6 Å². The van der Waals surface area contributed by atoms with Gasteiger partial charge >= 0.3 is 0 Å². The van der Waals surface area contributed by atoms with Gasteiger partial charge < -0.3 is 24.3 Å². The molecule has 2 aromatic carbocycles. The largest absolute Gasteiger partial charge is 0.496 e. The zero-order valence-electron chi connectivity index (χ0n) is 19.0. The van der Waals surface area contributed by atoms with Gasteiger partial charge in [0.25, 0.3) is 0 Å². The number of nitrogens with one attached hydrogen (secondary N) is 1. The van der Waals surface area contributed by atoms with Crippen molar-refractivity contribution in [1.29, 1.82) is 0 Å². The van der Waals surface area contributed by atoms with E-state index in [1.165, 1.54) is 23.1 Å². The molecule has 1 N–H and O–H groups in total. The highest BCUT2D eigenvalue weighted by molar-refractivity contribution is 6.31. The second kappa shape index (κ2) is 9.72. The van der Waals surface area contributed by atoms with E-state index in [2.05, 4.69) is 10.3 Å². The predicted molar refractivity (Wildman–Crippen MR) is 127 cm³/mol. The van der Waals surface area contributed by atoms with Crippen LogP contribution in [0.3, 0.4) is 0 Å². The third-order valence-electron chi connectivity index (χ3n) is 5.73. The molecule has 34 heavy (non-hydrogen) atoms. The zero-order chi connectivity index (χ0) is 24.4. The van der Waals surface area contributed by atoms with Crippen LogP contribution in [0.5, 0.6) is 5.75 Å². The fraction of sp³-hybridized carbons (Fsp3) is 0.292. The Morgan fingerprint density at radius 3 is 2.71 bits per heavy atom. The molecule has 1 aromatic heterocycles. The highest BCUT2D eigenvalue weighted by Gasteiger charge is 2.31. The van der Waals surface area contributed by atoms with Crippen molar-refractivity contribution in [1.82, 2.24) is 9.88 Å². The van der Waals surface area contributed by atoms with E-state index in [1.807, 2.05) is 23.1 Å². The predicted octanol–water partition coefficient (Wildman–Crippen LogP) is 4.13. The van der Waals surface area contributed by atoms with Gasteiger partial charge in [0.05, 0.1) is 30.4 Å². The Balaban J connectivity index is 1.43. The van der Waals surface area contributed by atoms with Gasteiger partial charge in [-0.2, -0.15) is 0 Å². The molecular weight excluding hydrogens is 463 g/mol. The Kier molecular flexibility index (Phi) is 6.74. The van der Waals surface area contributed by atoms with Crippen LogP contribution in [-0.2, 0) is 9.59 Å². The first-order chi connectivity index (χ1) is 16.3. The summed E-state index contributed by atoms with van der Waals surface area (Å²) < 4.78 is 24.5. The maximum absolute atomic E-state index is 13.4. The molecule has 10 heteroatoms. The summed E-state index contributed by atoms with van der Waals surface area (Å²) in [4.78, 5) is 33.2. The lowest BCUT2D eigenvalue weighted by Crippen LogP contribution is -2.56. The number of methoxy groups -OCH3 is 1. The van der Waals surface area contributed by atoms with Crippen molar-refractivity contribution < 1.29 is 23.1 Å². The van der Waals surface area contributed by atoms with E-state index in [4.69, 9.17) is 20.8 Å². The summed E-state index contributed by atoms with van der Waals surface area (Å²) >= 11 is 5.78. The SMILES string of the molecule is COc1cc(N2CCN(C(C)C(=O)Nc3ccc(F)c(Cl)c3)C(=O)C2)ccc1-c1cnc(C)o1. The molecule has 1 aliphatic heterocycles. The average molecular weight is 487 g/mol. The molecule has 0 saturated carbocycles. The van der Waals surface area contributed by atoms with Gasteiger partial charge in [-0.25, -0.2) is 9.37 Å². The number of hydrogen-bond donors (Lipinski definition) is 1. The van der Waals surface area contributed by atoms with Crippen LogP contribution in [0.15, 0.2) is 47.0 Å². The monoisotopic (exact) mass is 486 g/mol. The molecule has 0 spiro atoms. The quantitative estimate of drug-likeness (QED) is 0.563. The lowest BCUT2D eigenvalue weighted by atomic mass is 10.1. The minimum atomic E-state index is -0.704. The Hall–Kier alpha value is -3.59. The van der Waals surface area contributed by atoms with Gasteiger partial charge in [0.15, 0.2) is 11.7 Å². The normalized spacial score (nSPS) is 14.8. The number of aryl methyl sites for hydroxylation is 1. The highest BCUT2D eigenvalue weighted by atomic mass is 35.5. The van der Waals surface area contributed by atoms with Crippen LogP contribution >= 0.6 is 11.6 Å². The number of nitrogens with zero attached hydrogens (tertiary/aromatic N) is 3. The van der Waals surface area contributed by atoms with E-state index in [0.29, 0.717) is 36.2 Å². The highest BCUT2D eigenvalue weighted by Crippen LogP contribution is 2.34. The molecule has 1 aliphatic rings. The van der Waals surface area contributed by atoms with Crippen molar-refractivity contribution >= 4 is 34.8 Å². The number of amides is 2. The summed E-state index contributed by atoms with van der Waals surface area (Å²) in [6.45, 7) is 4.44. The Morgan fingerprint density at radius 1 is 1.26 bits per heavy atom. The van der Waals surface area contributed by atoms with Gasteiger partial charge in [-0.05, 0) is 37.3 Å². The van der Waals surface area contributed by atoms with Gasteiger partial charge in [0.1, 0.15) is 17.6 Å². The third-order valence-corrected chi connectivity index (χ3v) is 6.02. The van der Waals surface area contributed by atoms with Crippen LogP contribution < -0.4 is 15.0 Å². The topological polar surface area (TPSA) is 87.9 Å². The van der Waals surface area contributed by atoms with Gasteiger partial charge in [0, 0.05) is 37.5 Å². The fourth-order valence-electron chi connectivity index (χ4n) is 3.84. The molecule has 1 atom stereocenters. The number of ether oxygens (including phenoxy) is 1. The van der Waals surface area contributed by atoms with Gasteiger partial charge in [0.2, 0.25) is 11.8 Å². The van der Waals surface area contributed by atoms with Crippen molar-refractivity contribution in [2.45, 2.75) is 19.9 Å². The molecule has 2 amide bonds. The standard InChI is InChI=1S/C24H24ClFN4O4/c1-14(24(32)28-16-4-7-20(26)19(25)10-16)30-9-8-29(13-23(30)31)17-5-6-18(21(11-17)33-3)22-12-27-15(2)34-22/h4-7,10-12,14H,8-9,13H2,1-3H3,(H,28,32). The minimum Gasteiger partial charge on any atom is -0.496 e. The number of oxazole rings is 1. The van der Waals surface area contributed by atoms with Gasteiger partial charge in [-0.15, -0.1) is 0 Å². The minimum absolute atomic E-state index is 0.0879. The Bertz CT molecular complexity index is 1230. The van der Waals surface area contributed by atoms with Crippen molar-refractivity contribution in [3.05, 3.63) is 59.3 Å². The molecule has 0 radical (unpaired) electrons. The number of aromatic nitrogens is 1. The Labute approximate surface area is 201 Å². The summed E-state index contributed by atoms with van der Waals surface area (Å²) in [5, 5.41) is 2.59. The lowest BCUT2D eigenvalue weighted by molar-refractivity contribution is -0.138. The van der Waals surface area contributed by atoms with Crippen LogP contribution in [0.1, 0.15) is 12.8 Å². The number of carbonyl (C=O) groups is 2. The summed E-state index contributed by atoms with van der Waals surface area (Å²) in [5.74, 6) is 0.638. The molecule has 178 valence electrons. The van der Waals surface area contributed by atoms with E-state index in [1.54, 1.807) is 27.2 Å². The van der Waals surface area contributed by atoms with Crippen molar-refractivity contribution in [3.63, 3.8) is 0 Å². The first kappa shape index (κ1) is 23.6. The summed E-state index contributed by atoms with van der Waals surface area (Å²) in [6, 6.07) is 8.84. The van der Waals surface area contributed by atoms with E-state index in [0.717, 1.165) is 11.3 Å². The summed E-state index contributed by atoms with van der Waals surface area (Å²) in [5.41, 5.74) is 1.95. The molecule has 0 aliphatic carbocycles. The second-order valence-corrected chi connectivity index (χ2v) is 8.34. The summed E-state index contributed by atoms with van der Waals surface area (Å²) in [7, 11) is 1.57. The van der Waals surface area contributed by atoms with E-state index in [9.17, 15) is 14.0 Å². The number of anilines is 2. The number of halogens is 2. The zero-order valence-corrected chi connectivity index (χ0v) is 19.7. The molecular formula is C24H24ClFN4O4. The lowest BCUT2D eigenvalue weighted by Gasteiger charge is -2.38. The maximum atomic E-state index is 13.4. The van der Waals surface area contributed by atoms with Crippen LogP contribution in [0.2, 0.25) is 5.02 Å². The van der Waals surface area contributed by atoms with E-state index >= 15 is 0 Å². The molecule has 1 unspecified atom stereocenters. The third kappa shape index (κ3) is 4.84. The molecule has 1 fully saturated rings. The summed E-state index contributed by atoms with van der Waals surface area (Å²) in [6.07, 6.45) is 1.64. The first-order valence-electron chi connectivity index (χ1n) is 10.7. The molecule has 1 saturated heterocycles. The second-order valence-electron chi connectivity index (χ2n) is 7.93. The number of benzene rings is 2. The van der Waals surface area contributed by atoms with E-state index in [-0.39, 0.29) is 23.4 Å². The average Bonchev–Trinajstić information content (AvgIpc) is 3.26. The first-order valence-corrected chi connectivity index (χ1v) is 11.1. The number of rotatable bonds is 6. The van der Waals surface area contributed by atoms with Crippen LogP contribution in [0.4, 0.5) is 15.8 Å².